The van der Waals surface area contributed by atoms with Crippen molar-refractivity contribution in [1.29, 1.82) is 0 Å². The predicted molar refractivity (Wildman–Crippen MR) is 81.9 cm³/mol. The maximum Gasteiger partial charge on any atom is 0.224 e. The third kappa shape index (κ3) is 6.29. The van der Waals surface area contributed by atoms with E-state index in [1.54, 1.807) is 13.8 Å². The Hall–Kier alpha value is -2.04. The number of amides is 2. The van der Waals surface area contributed by atoms with Crippen molar-refractivity contribution in [3.63, 3.8) is 0 Å². The first-order valence-electron chi connectivity index (χ1n) is 7.07. The summed E-state index contributed by atoms with van der Waals surface area (Å²) in [6.07, 6.45) is 0.984. The summed E-state index contributed by atoms with van der Waals surface area (Å²) in [5.74, 6) is 0.276. The lowest BCUT2D eigenvalue weighted by Gasteiger charge is -2.20. The van der Waals surface area contributed by atoms with Crippen LogP contribution in [-0.2, 0) is 9.59 Å². The Morgan fingerprint density at radius 1 is 1.24 bits per heavy atom. The number of ether oxygens (including phenoxy) is 1. The first-order chi connectivity index (χ1) is 9.81. The number of benzene rings is 1. The summed E-state index contributed by atoms with van der Waals surface area (Å²) < 4.78 is 5.54. The molecule has 21 heavy (non-hydrogen) atoms. The molecule has 0 aliphatic carbocycles. The molecule has 1 rings (SSSR count). The minimum absolute atomic E-state index is 0.100. The molecule has 5 nitrogen and oxygen atoms in total. The van der Waals surface area contributed by atoms with Crippen LogP contribution in [-0.4, -0.2) is 25.0 Å². The number of carbonyl (C=O) groups excluding carboxylic acids is 2. The summed E-state index contributed by atoms with van der Waals surface area (Å²) in [7, 11) is 0. The van der Waals surface area contributed by atoms with E-state index < -0.39 is 11.3 Å². The van der Waals surface area contributed by atoms with Crippen molar-refractivity contribution >= 4 is 11.8 Å². The molecule has 1 aromatic rings. The molecule has 0 aromatic heterocycles. The highest BCUT2D eigenvalue weighted by molar-refractivity contribution is 5.82. The van der Waals surface area contributed by atoms with Crippen LogP contribution in [0.4, 0.5) is 0 Å². The molecule has 0 heterocycles. The van der Waals surface area contributed by atoms with Crippen LogP contribution in [0.2, 0.25) is 0 Å². The first-order valence-corrected chi connectivity index (χ1v) is 7.07. The third-order valence-electron chi connectivity index (χ3n) is 3.23. The number of hydrogen-bond donors (Lipinski definition) is 2. The van der Waals surface area contributed by atoms with Gasteiger partial charge in [-0.25, -0.2) is 0 Å². The van der Waals surface area contributed by atoms with Crippen LogP contribution in [0.25, 0.3) is 0 Å². The lowest BCUT2D eigenvalue weighted by atomic mass is 9.93. The standard InChI is InChI=1S/C16H24N2O3/c1-12-6-8-13(9-7-12)21-10-4-5-14(19)18-11-16(2,3)15(17)20/h6-9H,4-5,10-11H2,1-3H3,(H2,17,20)(H,18,19). The van der Waals surface area contributed by atoms with Gasteiger partial charge in [0.15, 0.2) is 0 Å². The molecule has 2 amide bonds. The van der Waals surface area contributed by atoms with Gasteiger partial charge in [-0.2, -0.15) is 0 Å². The molecule has 0 unspecified atom stereocenters. The maximum atomic E-state index is 11.6. The normalized spacial score (nSPS) is 11.0. The highest BCUT2D eigenvalue weighted by Gasteiger charge is 2.25. The smallest absolute Gasteiger partial charge is 0.224 e. The molecular weight excluding hydrogens is 268 g/mol. The van der Waals surface area contributed by atoms with Gasteiger partial charge in [-0.3, -0.25) is 9.59 Å². The van der Waals surface area contributed by atoms with Crippen LogP contribution in [0.3, 0.4) is 0 Å². The van der Waals surface area contributed by atoms with Gasteiger partial charge in [0.2, 0.25) is 11.8 Å². The van der Waals surface area contributed by atoms with Crippen molar-refractivity contribution in [1.82, 2.24) is 5.32 Å². The summed E-state index contributed by atoms with van der Waals surface area (Å²) in [4.78, 5) is 22.8. The molecule has 0 aliphatic rings. The molecule has 3 N–H and O–H groups in total. The fourth-order valence-corrected chi connectivity index (χ4v) is 1.55. The van der Waals surface area contributed by atoms with Gasteiger partial charge in [0.1, 0.15) is 5.75 Å². The molecule has 0 spiro atoms. The summed E-state index contributed by atoms with van der Waals surface area (Å²) in [6.45, 7) is 6.16. The van der Waals surface area contributed by atoms with Crippen molar-refractivity contribution < 1.29 is 14.3 Å². The van der Waals surface area contributed by atoms with Crippen molar-refractivity contribution in [3.8, 4) is 5.75 Å². The van der Waals surface area contributed by atoms with Crippen molar-refractivity contribution in [3.05, 3.63) is 29.8 Å². The van der Waals surface area contributed by atoms with Gasteiger partial charge in [-0.1, -0.05) is 17.7 Å². The summed E-state index contributed by atoms with van der Waals surface area (Å²) in [6, 6.07) is 7.78. The monoisotopic (exact) mass is 292 g/mol. The van der Waals surface area contributed by atoms with E-state index in [1.807, 2.05) is 31.2 Å². The number of primary amides is 1. The Morgan fingerprint density at radius 2 is 1.86 bits per heavy atom. The van der Waals surface area contributed by atoms with E-state index in [2.05, 4.69) is 5.32 Å². The lowest BCUT2D eigenvalue weighted by molar-refractivity contribution is -0.127. The van der Waals surface area contributed by atoms with Gasteiger partial charge < -0.3 is 15.8 Å². The molecule has 0 aliphatic heterocycles. The molecule has 0 saturated carbocycles. The van der Waals surface area contributed by atoms with Gasteiger partial charge in [0, 0.05) is 13.0 Å². The second-order valence-electron chi connectivity index (χ2n) is 5.79. The molecular formula is C16H24N2O3. The summed E-state index contributed by atoms with van der Waals surface area (Å²) in [5.41, 5.74) is 5.69. The van der Waals surface area contributed by atoms with Crippen LogP contribution in [0.5, 0.6) is 5.75 Å². The second-order valence-corrected chi connectivity index (χ2v) is 5.79. The summed E-state index contributed by atoms with van der Waals surface area (Å²) >= 11 is 0. The third-order valence-corrected chi connectivity index (χ3v) is 3.23. The molecule has 1 aromatic carbocycles. The number of hydrogen-bond acceptors (Lipinski definition) is 3. The Bertz CT molecular complexity index is 481. The number of rotatable bonds is 8. The van der Waals surface area contributed by atoms with Gasteiger partial charge in [0.25, 0.3) is 0 Å². The van der Waals surface area contributed by atoms with Gasteiger partial charge >= 0.3 is 0 Å². The quantitative estimate of drug-likeness (QED) is 0.717. The molecule has 5 heteroatoms. The average Bonchev–Trinajstić information content (AvgIpc) is 2.43. The van der Waals surface area contributed by atoms with Crippen LogP contribution >= 0.6 is 0 Å². The number of carbonyl (C=O) groups is 2. The Labute approximate surface area is 125 Å². The molecule has 0 bridgehead atoms. The zero-order valence-electron chi connectivity index (χ0n) is 12.9. The van der Waals surface area contributed by atoms with Crippen LogP contribution in [0, 0.1) is 12.3 Å². The fraction of sp³-hybridized carbons (Fsp3) is 0.500. The zero-order chi connectivity index (χ0) is 15.9. The van der Waals surface area contributed by atoms with E-state index in [0.29, 0.717) is 19.4 Å². The van der Waals surface area contributed by atoms with E-state index in [-0.39, 0.29) is 12.5 Å². The van der Waals surface area contributed by atoms with Crippen molar-refractivity contribution in [2.24, 2.45) is 11.1 Å². The van der Waals surface area contributed by atoms with E-state index in [1.165, 1.54) is 5.56 Å². The van der Waals surface area contributed by atoms with E-state index in [0.717, 1.165) is 5.75 Å². The topological polar surface area (TPSA) is 81.4 Å². The summed E-state index contributed by atoms with van der Waals surface area (Å²) in [5, 5.41) is 2.72. The lowest BCUT2D eigenvalue weighted by Crippen LogP contribution is -2.42. The first kappa shape index (κ1) is 17.0. The number of nitrogens with one attached hydrogen (secondary N) is 1. The molecule has 116 valence electrons. The maximum absolute atomic E-state index is 11.6. The van der Waals surface area contributed by atoms with Crippen molar-refractivity contribution in [2.75, 3.05) is 13.2 Å². The Morgan fingerprint density at radius 3 is 2.43 bits per heavy atom. The van der Waals surface area contributed by atoms with E-state index >= 15 is 0 Å². The Balaban J connectivity index is 2.19. The van der Waals surface area contributed by atoms with E-state index in [4.69, 9.17) is 10.5 Å². The molecule has 0 radical (unpaired) electrons. The SMILES string of the molecule is Cc1ccc(OCCCC(=O)NCC(C)(C)C(N)=O)cc1. The minimum Gasteiger partial charge on any atom is -0.494 e. The van der Waals surface area contributed by atoms with Gasteiger partial charge in [-0.05, 0) is 39.3 Å². The highest BCUT2D eigenvalue weighted by atomic mass is 16.5. The highest BCUT2D eigenvalue weighted by Crippen LogP contribution is 2.13. The minimum atomic E-state index is -0.728. The Kier molecular flexibility index (Phi) is 6.21. The molecule has 0 saturated heterocycles. The van der Waals surface area contributed by atoms with Crippen LogP contribution in [0.1, 0.15) is 32.3 Å². The number of nitrogens with two attached hydrogens (primary N) is 1. The van der Waals surface area contributed by atoms with E-state index in [9.17, 15) is 9.59 Å². The van der Waals surface area contributed by atoms with Crippen molar-refractivity contribution in [2.45, 2.75) is 33.6 Å². The second kappa shape index (κ2) is 7.67. The molecule has 0 atom stereocenters. The fourth-order valence-electron chi connectivity index (χ4n) is 1.55. The number of aryl methyl sites for hydroxylation is 1. The molecule has 0 fully saturated rings. The van der Waals surface area contributed by atoms with Gasteiger partial charge in [-0.15, -0.1) is 0 Å². The van der Waals surface area contributed by atoms with Gasteiger partial charge in [0.05, 0.1) is 12.0 Å². The van der Waals surface area contributed by atoms with Crippen LogP contribution < -0.4 is 15.8 Å². The predicted octanol–water partition coefficient (Wildman–Crippen LogP) is 1.78. The zero-order valence-corrected chi connectivity index (χ0v) is 12.9. The average molecular weight is 292 g/mol. The largest absolute Gasteiger partial charge is 0.494 e. The van der Waals surface area contributed by atoms with Crippen LogP contribution in [0.15, 0.2) is 24.3 Å².